The van der Waals surface area contributed by atoms with Crippen molar-refractivity contribution in [2.24, 2.45) is 5.14 Å². The molecular formula is C12H15N3O5S. The molecule has 1 aliphatic rings. The third-order valence-electron chi connectivity index (χ3n) is 2.93. The maximum Gasteiger partial charge on any atom is 0.414 e. The molecule has 0 aromatic heterocycles. The number of sulfonamides is 1. The molecule has 0 unspecified atom stereocenters. The quantitative estimate of drug-likeness (QED) is 0.797. The Balaban J connectivity index is 2.08. The number of nitrogens with two attached hydrogens (primary N) is 1. The Morgan fingerprint density at radius 1 is 1.43 bits per heavy atom. The lowest BCUT2D eigenvalue weighted by Gasteiger charge is -2.13. The highest BCUT2D eigenvalue weighted by Crippen LogP contribution is 2.22. The van der Waals surface area contributed by atoms with Gasteiger partial charge in [0, 0.05) is 12.6 Å². The first-order valence-corrected chi connectivity index (χ1v) is 7.67. The van der Waals surface area contributed by atoms with Gasteiger partial charge in [-0.1, -0.05) is 0 Å². The van der Waals surface area contributed by atoms with Gasteiger partial charge in [-0.05, 0) is 24.3 Å². The smallest absolute Gasteiger partial charge is 0.414 e. The van der Waals surface area contributed by atoms with E-state index < -0.39 is 22.2 Å². The molecule has 1 fully saturated rings. The van der Waals surface area contributed by atoms with E-state index in [2.05, 4.69) is 5.32 Å². The number of hydrogen-bond donors (Lipinski definition) is 2. The van der Waals surface area contributed by atoms with Crippen molar-refractivity contribution in [1.29, 1.82) is 0 Å². The summed E-state index contributed by atoms with van der Waals surface area (Å²) in [6.07, 6.45) is -0.993. The predicted molar refractivity (Wildman–Crippen MR) is 74.1 cm³/mol. The van der Waals surface area contributed by atoms with E-state index in [0.717, 1.165) is 0 Å². The number of amides is 2. The topological polar surface area (TPSA) is 119 Å². The Labute approximate surface area is 121 Å². The van der Waals surface area contributed by atoms with E-state index >= 15 is 0 Å². The van der Waals surface area contributed by atoms with E-state index in [1.165, 1.54) is 36.1 Å². The number of rotatable bonds is 4. The van der Waals surface area contributed by atoms with E-state index in [0.29, 0.717) is 5.69 Å². The fourth-order valence-electron chi connectivity index (χ4n) is 1.91. The van der Waals surface area contributed by atoms with Gasteiger partial charge in [0.15, 0.2) is 0 Å². The average Bonchev–Trinajstić information content (AvgIpc) is 2.77. The highest BCUT2D eigenvalue weighted by molar-refractivity contribution is 7.89. The Morgan fingerprint density at radius 2 is 2.05 bits per heavy atom. The lowest BCUT2D eigenvalue weighted by molar-refractivity contribution is -0.119. The van der Waals surface area contributed by atoms with Gasteiger partial charge in [-0.15, -0.1) is 0 Å². The van der Waals surface area contributed by atoms with Crippen LogP contribution in [-0.2, 0) is 19.6 Å². The first-order chi connectivity index (χ1) is 9.77. The summed E-state index contributed by atoms with van der Waals surface area (Å²) in [5.74, 6) is -0.206. The molecule has 3 N–H and O–H groups in total. The van der Waals surface area contributed by atoms with Crippen LogP contribution in [0, 0.1) is 0 Å². The number of carbonyl (C=O) groups excluding carboxylic acids is 2. The molecule has 0 spiro atoms. The zero-order valence-electron chi connectivity index (χ0n) is 11.3. The van der Waals surface area contributed by atoms with Crippen LogP contribution in [-0.4, -0.2) is 39.6 Å². The number of ether oxygens (including phenoxy) is 1. The van der Waals surface area contributed by atoms with Gasteiger partial charge < -0.3 is 10.1 Å². The summed E-state index contributed by atoms with van der Waals surface area (Å²) in [5.41, 5.74) is 0.498. The molecule has 1 aromatic rings. The van der Waals surface area contributed by atoms with Crippen molar-refractivity contribution in [3.05, 3.63) is 24.3 Å². The van der Waals surface area contributed by atoms with Crippen molar-refractivity contribution in [2.45, 2.75) is 17.9 Å². The number of nitrogens with zero attached hydrogens (tertiary/aromatic N) is 1. The van der Waals surface area contributed by atoms with E-state index in [-0.39, 0.29) is 23.9 Å². The second kappa shape index (κ2) is 5.70. The van der Waals surface area contributed by atoms with Gasteiger partial charge in [-0.2, -0.15) is 0 Å². The number of benzene rings is 1. The third kappa shape index (κ3) is 3.70. The van der Waals surface area contributed by atoms with Crippen LogP contribution in [0.15, 0.2) is 29.2 Å². The van der Waals surface area contributed by atoms with Crippen molar-refractivity contribution >= 4 is 27.7 Å². The van der Waals surface area contributed by atoms with Gasteiger partial charge >= 0.3 is 6.09 Å². The summed E-state index contributed by atoms with van der Waals surface area (Å²) in [6.45, 7) is 1.88. The van der Waals surface area contributed by atoms with Gasteiger partial charge in [0.25, 0.3) is 0 Å². The molecule has 1 aliphatic heterocycles. The maximum absolute atomic E-state index is 11.8. The zero-order valence-corrected chi connectivity index (χ0v) is 12.1. The largest absolute Gasteiger partial charge is 0.442 e. The highest BCUT2D eigenvalue weighted by atomic mass is 32.2. The molecule has 2 rings (SSSR count). The number of carbonyl (C=O) groups is 2. The van der Waals surface area contributed by atoms with Gasteiger partial charge in [0.2, 0.25) is 15.9 Å². The van der Waals surface area contributed by atoms with E-state index in [1.807, 2.05) is 0 Å². The Bertz CT molecular complexity index is 656. The van der Waals surface area contributed by atoms with Crippen LogP contribution in [0.2, 0.25) is 0 Å². The van der Waals surface area contributed by atoms with Crippen molar-refractivity contribution in [3.8, 4) is 0 Å². The van der Waals surface area contributed by atoms with Gasteiger partial charge in [0.1, 0.15) is 6.10 Å². The first kappa shape index (κ1) is 15.3. The highest BCUT2D eigenvalue weighted by Gasteiger charge is 2.32. The van der Waals surface area contributed by atoms with Crippen LogP contribution in [0.4, 0.5) is 10.5 Å². The number of cyclic esters (lactones) is 1. The Hall–Kier alpha value is -2.13. The Morgan fingerprint density at radius 3 is 2.57 bits per heavy atom. The number of primary sulfonamides is 1. The van der Waals surface area contributed by atoms with E-state index in [1.54, 1.807) is 0 Å². The summed E-state index contributed by atoms with van der Waals surface area (Å²) < 4.78 is 27.4. The van der Waals surface area contributed by atoms with Crippen molar-refractivity contribution in [1.82, 2.24) is 5.32 Å². The van der Waals surface area contributed by atoms with Crippen LogP contribution < -0.4 is 15.4 Å². The molecule has 9 heteroatoms. The average molecular weight is 313 g/mol. The lowest BCUT2D eigenvalue weighted by Crippen LogP contribution is -2.33. The second-order valence-electron chi connectivity index (χ2n) is 4.59. The number of hydrogen-bond acceptors (Lipinski definition) is 5. The standard InChI is InChI=1S/C12H15N3O5S/c1-8(16)14-6-10-7-15(12(17)20-10)9-2-4-11(5-3-9)21(13,18)19/h2-5,10H,6-7H2,1H3,(H,14,16)(H2,13,18,19)/t10-/m0/s1. The number of anilines is 1. The summed E-state index contributed by atoms with van der Waals surface area (Å²) in [5, 5.41) is 7.57. The van der Waals surface area contributed by atoms with E-state index in [9.17, 15) is 18.0 Å². The molecule has 8 nitrogen and oxygen atoms in total. The minimum absolute atomic E-state index is 0.0337. The Kier molecular flexibility index (Phi) is 4.14. The van der Waals surface area contributed by atoms with E-state index in [4.69, 9.17) is 9.88 Å². The first-order valence-electron chi connectivity index (χ1n) is 6.13. The minimum atomic E-state index is -3.77. The summed E-state index contributed by atoms with van der Waals surface area (Å²) in [7, 11) is -3.77. The molecule has 114 valence electrons. The monoisotopic (exact) mass is 313 g/mol. The second-order valence-corrected chi connectivity index (χ2v) is 6.15. The molecule has 2 amide bonds. The molecule has 1 heterocycles. The third-order valence-corrected chi connectivity index (χ3v) is 3.86. The molecule has 1 atom stereocenters. The zero-order chi connectivity index (χ0) is 15.6. The van der Waals surface area contributed by atoms with Gasteiger partial charge in [-0.3, -0.25) is 9.69 Å². The van der Waals surface area contributed by atoms with Crippen molar-refractivity contribution in [3.63, 3.8) is 0 Å². The predicted octanol–water partition coefficient (Wildman–Crippen LogP) is -0.205. The summed E-state index contributed by atoms with van der Waals surface area (Å²) in [6, 6.07) is 5.59. The van der Waals surface area contributed by atoms with Crippen LogP contribution in [0.3, 0.4) is 0 Å². The molecule has 1 aromatic carbocycles. The van der Waals surface area contributed by atoms with Crippen molar-refractivity contribution in [2.75, 3.05) is 18.0 Å². The summed E-state index contributed by atoms with van der Waals surface area (Å²) >= 11 is 0. The lowest BCUT2D eigenvalue weighted by atomic mass is 10.2. The van der Waals surface area contributed by atoms with Gasteiger partial charge in [0.05, 0.1) is 18.0 Å². The fraction of sp³-hybridized carbons (Fsp3) is 0.333. The molecule has 1 saturated heterocycles. The molecule has 0 saturated carbocycles. The van der Waals surface area contributed by atoms with Crippen LogP contribution in [0.5, 0.6) is 0 Å². The molecule has 0 radical (unpaired) electrons. The SMILES string of the molecule is CC(=O)NC[C@H]1CN(c2ccc(S(N)(=O)=O)cc2)C(=O)O1. The molecule has 0 bridgehead atoms. The fourth-order valence-corrected chi connectivity index (χ4v) is 2.43. The van der Waals surface area contributed by atoms with Gasteiger partial charge in [-0.25, -0.2) is 18.4 Å². The summed E-state index contributed by atoms with van der Waals surface area (Å²) in [4.78, 5) is 23.9. The molecule has 21 heavy (non-hydrogen) atoms. The number of nitrogens with one attached hydrogen (secondary N) is 1. The normalized spacial score (nSPS) is 18.5. The molecular weight excluding hydrogens is 298 g/mol. The van der Waals surface area contributed by atoms with Crippen LogP contribution in [0.25, 0.3) is 0 Å². The van der Waals surface area contributed by atoms with Crippen LogP contribution >= 0.6 is 0 Å². The van der Waals surface area contributed by atoms with Crippen molar-refractivity contribution < 1.29 is 22.7 Å². The molecule has 0 aliphatic carbocycles. The minimum Gasteiger partial charge on any atom is -0.442 e. The maximum atomic E-state index is 11.8. The van der Waals surface area contributed by atoms with Crippen LogP contribution in [0.1, 0.15) is 6.92 Å².